The van der Waals surface area contributed by atoms with Gasteiger partial charge in [-0.3, -0.25) is 4.79 Å². The number of nitrogens with one attached hydrogen (secondary N) is 2. The standard InChI is InChI=1S/C7H12N4O/c8-2-1-3-9-6-4-7(12)11-5-10-6/h4-5H,1-3,8H2,(H2,9,10,11,12). The molecule has 4 N–H and O–H groups in total. The Balaban J connectivity index is 2.47. The van der Waals surface area contributed by atoms with Crippen molar-refractivity contribution in [3.63, 3.8) is 0 Å². The fourth-order valence-electron chi connectivity index (χ4n) is 0.784. The van der Waals surface area contributed by atoms with E-state index < -0.39 is 0 Å². The number of hydrogen-bond acceptors (Lipinski definition) is 4. The Morgan fingerprint density at radius 2 is 2.50 bits per heavy atom. The van der Waals surface area contributed by atoms with Crippen molar-refractivity contribution in [2.24, 2.45) is 5.73 Å². The van der Waals surface area contributed by atoms with E-state index in [-0.39, 0.29) is 5.56 Å². The number of nitrogens with zero attached hydrogens (tertiary/aromatic N) is 1. The largest absolute Gasteiger partial charge is 0.370 e. The summed E-state index contributed by atoms with van der Waals surface area (Å²) in [5.74, 6) is 0.590. The summed E-state index contributed by atoms with van der Waals surface area (Å²) in [6.07, 6.45) is 2.24. The maximum absolute atomic E-state index is 10.8. The average molecular weight is 168 g/mol. The van der Waals surface area contributed by atoms with Crippen LogP contribution in [-0.2, 0) is 0 Å². The Morgan fingerprint density at radius 3 is 3.17 bits per heavy atom. The lowest BCUT2D eigenvalue weighted by Crippen LogP contribution is -2.12. The molecule has 0 saturated carbocycles. The Morgan fingerprint density at radius 1 is 1.67 bits per heavy atom. The van der Waals surface area contributed by atoms with E-state index >= 15 is 0 Å². The highest BCUT2D eigenvalue weighted by atomic mass is 16.1. The van der Waals surface area contributed by atoms with Crippen molar-refractivity contribution < 1.29 is 0 Å². The van der Waals surface area contributed by atoms with E-state index in [0.29, 0.717) is 12.4 Å². The minimum Gasteiger partial charge on any atom is -0.370 e. The van der Waals surface area contributed by atoms with Crippen LogP contribution in [0.3, 0.4) is 0 Å². The molecule has 66 valence electrons. The SMILES string of the molecule is NCCCNc1cc(=O)[nH]cn1. The van der Waals surface area contributed by atoms with Crippen molar-refractivity contribution in [1.29, 1.82) is 0 Å². The van der Waals surface area contributed by atoms with Gasteiger partial charge in [-0.05, 0) is 13.0 Å². The average Bonchev–Trinajstić information content (AvgIpc) is 2.05. The molecule has 0 unspecified atom stereocenters. The first kappa shape index (κ1) is 8.73. The summed E-state index contributed by atoms with van der Waals surface area (Å²) in [5.41, 5.74) is 5.14. The third-order valence-corrected chi connectivity index (χ3v) is 1.37. The summed E-state index contributed by atoms with van der Waals surface area (Å²) < 4.78 is 0. The molecule has 1 heterocycles. The number of aromatic nitrogens is 2. The smallest absolute Gasteiger partial charge is 0.252 e. The Kier molecular flexibility index (Phi) is 3.28. The first-order valence-electron chi connectivity index (χ1n) is 3.81. The van der Waals surface area contributed by atoms with Crippen LogP contribution in [0.5, 0.6) is 0 Å². The van der Waals surface area contributed by atoms with Crippen molar-refractivity contribution in [3.05, 3.63) is 22.7 Å². The Labute approximate surface area is 70.0 Å². The molecule has 0 saturated heterocycles. The zero-order valence-corrected chi connectivity index (χ0v) is 6.71. The van der Waals surface area contributed by atoms with Gasteiger partial charge in [0.15, 0.2) is 0 Å². The monoisotopic (exact) mass is 168 g/mol. The number of nitrogens with two attached hydrogens (primary N) is 1. The molecular weight excluding hydrogens is 156 g/mol. The molecule has 0 aromatic carbocycles. The lowest BCUT2D eigenvalue weighted by Gasteiger charge is -2.01. The molecule has 0 bridgehead atoms. The summed E-state index contributed by atoms with van der Waals surface area (Å²) in [7, 11) is 0. The molecule has 1 rings (SSSR count). The van der Waals surface area contributed by atoms with E-state index in [4.69, 9.17) is 5.73 Å². The van der Waals surface area contributed by atoms with Crippen molar-refractivity contribution in [2.75, 3.05) is 18.4 Å². The summed E-state index contributed by atoms with van der Waals surface area (Å²) in [6.45, 7) is 1.38. The van der Waals surface area contributed by atoms with Gasteiger partial charge in [0.1, 0.15) is 5.82 Å². The Hall–Kier alpha value is -1.36. The minimum atomic E-state index is -0.153. The second-order valence-corrected chi connectivity index (χ2v) is 2.37. The van der Waals surface area contributed by atoms with Gasteiger partial charge >= 0.3 is 0 Å². The maximum atomic E-state index is 10.8. The highest BCUT2D eigenvalue weighted by Gasteiger charge is 1.91. The predicted octanol–water partition coefficient (Wildman–Crippen LogP) is -0.469. The zero-order chi connectivity index (χ0) is 8.81. The van der Waals surface area contributed by atoms with Crippen LogP contribution in [0.25, 0.3) is 0 Å². The van der Waals surface area contributed by atoms with Crippen molar-refractivity contribution in [3.8, 4) is 0 Å². The molecule has 1 aromatic rings. The quantitative estimate of drug-likeness (QED) is 0.531. The molecule has 1 aromatic heterocycles. The fraction of sp³-hybridized carbons (Fsp3) is 0.429. The third-order valence-electron chi connectivity index (χ3n) is 1.37. The molecular formula is C7H12N4O. The van der Waals surface area contributed by atoms with Gasteiger partial charge in [-0.2, -0.15) is 0 Å². The van der Waals surface area contributed by atoms with Crippen molar-refractivity contribution in [1.82, 2.24) is 9.97 Å². The second kappa shape index (κ2) is 4.50. The van der Waals surface area contributed by atoms with Crippen LogP contribution in [0.4, 0.5) is 5.82 Å². The number of rotatable bonds is 4. The molecule has 5 heteroatoms. The van der Waals surface area contributed by atoms with Crippen molar-refractivity contribution >= 4 is 5.82 Å². The lowest BCUT2D eigenvalue weighted by molar-refractivity contribution is 0.868. The molecule has 0 fully saturated rings. The highest BCUT2D eigenvalue weighted by molar-refractivity contribution is 5.31. The molecule has 0 aliphatic carbocycles. The normalized spacial score (nSPS) is 9.75. The maximum Gasteiger partial charge on any atom is 0.252 e. The number of anilines is 1. The molecule has 5 nitrogen and oxygen atoms in total. The van der Waals surface area contributed by atoms with Crippen LogP contribution in [-0.4, -0.2) is 23.1 Å². The molecule has 0 radical (unpaired) electrons. The van der Waals surface area contributed by atoms with E-state index in [1.165, 1.54) is 12.4 Å². The minimum absolute atomic E-state index is 0.153. The van der Waals surface area contributed by atoms with E-state index in [1.807, 2.05) is 0 Å². The summed E-state index contributed by atoms with van der Waals surface area (Å²) in [4.78, 5) is 17.1. The van der Waals surface area contributed by atoms with Gasteiger partial charge in [-0.25, -0.2) is 4.98 Å². The number of aromatic amines is 1. The molecule has 0 spiro atoms. The first-order valence-corrected chi connectivity index (χ1v) is 3.81. The molecule has 0 aliphatic rings. The molecule has 0 atom stereocenters. The number of H-pyrrole nitrogens is 1. The highest BCUT2D eigenvalue weighted by Crippen LogP contribution is 1.93. The lowest BCUT2D eigenvalue weighted by atomic mass is 10.4. The zero-order valence-electron chi connectivity index (χ0n) is 6.71. The summed E-state index contributed by atoms with van der Waals surface area (Å²) in [5, 5.41) is 2.98. The fourth-order valence-corrected chi connectivity index (χ4v) is 0.784. The van der Waals surface area contributed by atoms with Crippen LogP contribution >= 0.6 is 0 Å². The van der Waals surface area contributed by atoms with Gasteiger partial charge in [0, 0.05) is 12.6 Å². The van der Waals surface area contributed by atoms with Crippen LogP contribution in [0.1, 0.15) is 6.42 Å². The van der Waals surface area contributed by atoms with Crippen LogP contribution in [0.2, 0.25) is 0 Å². The van der Waals surface area contributed by atoms with E-state index in [9.17, 15) is 4.79 Å². The first-order chi connectivity index (χ1) is 5.83. The van der Waals surface area contributed by atoms with Gasteiger partial charge < -0.3 is 16.0 Å². The molecule has 0 amide bonds. The predicted molar refractivity (Wildman–Crippen MR) is 47.0 cm³/mol. The van der Waals surface area contributed by atoms with E-state index in [0.717, 1.165) is 13.0 Å². The molecule has 0 aliphatic heterocycles. The summed E-state index contributed by atoms with van der Waals surface area (Å²) in [6, 6.07) is 1.41. The van der Waals surface area contributed by atoms with Crippen LogP contribution < -0.4 is 16.6 Å². The summed E-state index contributed by atoms with van der Waals surface area (Å²) >= 11 is 0. The van der Waals surface area contributed by atoms with Gasteiger partial charge in [0.25, 0.3) is 5.56 Å². The topological polar surface area (TPSA) is 83.8 Å². The van der Waals surface area contributed by atoms with Crippen LogP contribution in [0, 0.1) is 0 Å². The van der Waals surface area contributed by atoms with Gasteiger partial charge in [-0.1, -0.05) is 0 Å². The number of hydrogen-bond donors (Lipinski definition) is 3. The van der Waals surface area contributed by atoms with Gasteiger partial charge in [-0.15, -0.1) is 0 Å². The Bertz CT molecular complexity index is 283. The van der Waals surface area contributed by atoms with Crippen LogP contribution in [0.15, 0.2) is 17.2 Å². The van der Waals surface area contributed by atoms with Crippen molar-refractivity contribution in [2.45, 2.75) is 6.42 Å². The second-order valence-electron chi connectivity index (χ2n) is 2.37. The van der Waals surface area contributed by atoms with E-state index in [1.54, 1.807) is 0 Å². The van der Waals surface area contributed by atoms with Gasteiger partial charge in [0.2, 0.25) is 0 Å². The van der Waals surface area contributed by atoms with Gasteiger partial charge in [0.05, 0.1) is 6.33 Å². The van der Waals surface area contributed by atoms with E-state index in [2.05, 4.69) is 15.3 Å². The molecule has 12 heavy (non-hydrogen) atoms. The third kappa shape index (κ3) is 2.71.